The summed E-state index contributed by atoms with van der Waals surface area (Å²) in [5.74, 6) is 2.58. The van der Waals surface area contributed by atoms with Gasteiger partial charge in [-0.3, -0.25) is 4.57 Å². The van der Waals surface area contributed by atoms with Crippen LogP contribution in [0.5, 0.6) is 0 Å². The van der Waals surface area contributed by atoms with E-state index in [0.717, 1.165) is 78.2 Å². The molecule has 0 aliphatic heterocycles. The lowest BCUT2D eigenvalue weighted by atomic mass is 9.81. The van der Waals surface area contributed by atoms with Crippen molar-refractivity contribution in [2.45, 2.75) is 19.3 Å². The first kappa shape index (κ1) is 39.1. The minimum absolute atomic E-state index is 0.136. The molecule has 312 valence electrons. The molecule has 66 heavy (non-hydrogen) atoms. The van der Waals surface area contributed by atoms with Crippen molar-refractivity contribution in [3.05, 3.63) is 236 Å². The average Bonchev–Trinajstić information content (AvgIpc) is 3.89. The topological polar surface area (TPSA) is 56.5 Å². The van der Waals surface area contributed by atoms with Gasteiger partial charge in [0.05, 0.1) is 16.7 Å². The van der Waals surface area contributed by atoms with E-state index in [4.69, 9.17) is 19.9 Å². The highest BCUT2D eigenvalue weighted by atomic mass is 15.1. The molecule has 0 saturated carbocycles. The third kappa shape index (κ3) is 6.81. The minimum atomic E-state index is -0.136. The Morgan fingerprint density at radius 3 is 1.58 bits per heavy atom. The Hall–Kier alpha value is -8.54. The summed E-state index contributed by atoms with van der Waals surface area (Å²) in [6.45, 7) is 4.67. The van der Waals surface area contributed by atoms with Crippen molar-refractivity contribution in [2.24, 2.45) is 0 Å². The summed E-state index contributed by atoms with van der Waals surface area (Å²) in [4.78, 5) is 21.4. The van der Waals surface area contributed by atoms with Crippen molar-refractivity contribution in [3.63, 3.8) is 0 Å². The summed E-state index contributed by atoms with van der Waals surface area (Å²) in [7, 11) is 0. The van der Waals surface area contributed by atoms with E-state index < -0.39 is 0 Å². The van der Waals surface area contributed by atoms with Crippen molar-refractivity contribution in [1.29, 1.82) is 0 Å². The first-order valence-electron chi connectivity index (χ1n) is 22.5. The molecule has 0 unspecified atom stereocenters. The van der Waals surface area contributed by atoms with Crippen LogP contribution in [0.1, 0.15) is 25.0 Å². The quantitative estimate of drug-likeness (QED) is 0.153. The van der Waals surface area contributed by atoms with Crippen LogP contribution in [0, 0.1) is 0 Å². The third-order valence-electron chi connectivity index (χ3n) is 13.1. The van der Waals surface area contributed by atoms with Crippen molar-refractivity contribution >= 4 is 11.0 Å². The maximum absolute atomic E-state index is 5.45. The molecule has 2 heterocycles. The van der Waals surface area contributed by atoms with Crippen molar-refractivity contribution < 1.29 is 0 Å². The SMILES string of the molecule is CC1(C)c2ccccc2-c2ccc(-c3cc(-c4ccccc4)cc(-c4nc(-c5cccc(-c6ccccc6)c5)nc(-c5ccccc5-n5c(-c6ccccc6)nc6ccccc65)n4)c3)cc21. The first-order chi connectivity index (χ1) is 32.5. The molecule has 0 N–H and O–H groups in total. The number of aromatic nitrogens is 5. The zero-order valence-electron chi connectivity index (χ0n) is 36.6. The fourth-order valence-corrected chi connectivity index (χ4v) is 9.74. The molecule has 2 aromatic heterocycles. The summed E-state index contributed by atoms with van der Waals surface area (Å²) in [6.07, 6.45) is 0. The maximum Gasteiger partial charge on any atom is 0.166 e. The van der Waals surface area contributed by atoms with Gasteiger partial charge in [-0.15, -0.1) is 0 Å². The molecule has 12 rings (SSSR count). The van der Waals surface area contributed by atoms with Crippen LogP contribution in [0.3, 0.4) is 0 Å². The van der Waals surface area contributed by atoms with Crippen LogP contribution < -0.4 is 0 Å². The summed E-state index contributed by atoms with van der Waals surface area (Å²) >= 11 is 0. The predicted molar refractivity (Wildman–Crippen MR) is 270 cm³/mol. The van der Waals surface area contributed by atoms with Crippen LogP contribution in [0.4, 0.5) is 0 Å². The minimum Gasteiger partial charge on any atom is -0.292 e. The molecular weight excluding hydrogens is 803 g/mol. The van der Waals surface area contributed by atoms with Crippen molar-refractivity contribution in [1.82, 2.24) is 24.5 Å². The van der Waals surface area contributed by atoms with Gasteiger partial charge in [0.25, 0.3) is 0 Å². The number of hydrogen-bond donors (Lipinski definition) is 0. The Morgan fingerprint density at radius 2 is 0.818 bits per heavy atom. The van der Waals surface area contributed by atoms with Gasteiger partial charge in [0, 0.05) is 27.7 Å². The molecule has 0 atom stereocenters. The van der Waals surface area contributed by atoms with Gasteiger partial charge in [-0.05, 0) is 110 Å². The Balaban J connectivity index is 1.09. The van der Waals surface area contributed by atoms with Gasteiger partial charge in [-0.2, -0.15) is 0 Å². The van der Waals surface area contributed by atoms with E-state index >= 15 is 0 Å². The molecule has 0 spiro atoms. The van der Waals surface area contributed by atoms with Crippen LogP contribution >= 0.6 is 0 Å². The summed E-state index contributed by atoms with van der Waals surface area (Å²) in [5, 5.41) is 0. The van der Waals surface area contributed by atoms with Gasteiger partial charge in [-0.25, -0.2) is 19.9 Å². The van der Waals surface area contributed by atoms with E-state index in [0.29, 0.717) is 17.5 Å². The molecule has 1 aliphatic rings. The Bertz CT molecular complexity index is 3610. The highest BCUT2D eigenvalue weighted by molar-refractivity contribution is 5.88. The van der Waals surface area contributed by atoms with Gasteiger partial charge < -0.3 is 0 Å². The monoisotopic (exact) mass is 845 g/mol. The first-order valence-corrected chi connectivity index (χ1v) is 22.5. The van der Waals surface area contributed by atoms with Gasteiger partial charge in [0.15, 0.2) is 17.5 Å². The summed E-state index contributed by atoms with van der Waals surface area (Å²) in [5.41, 5.74) is 18.3. The van der Waals surface area contributed by atoms with E-state index in [-0.39, 0.29) is 5.41 Å². The molecule has 0 radical (unpaired) electrons. The molecule has 0 bridgehead atoms. The number of hydrogen-bond acceptors (Lipinski definition) is 4. The lowest BCUT2D eigenvalue weighted by molar-refractivity contribution is 0.660. The molecule has 9 aromatic carbocycles. The fourth-order valence-electron chi connectivity index (χ4n) is 9.74. The van der Waals surface area contributed by atoms with Crippen LogP contribution in [-0.2, 0) is 5.41 Å². The summed E-state index contributed by atoms with van der Waals surface area (Å²) in [6, 6.07) is 79.1. The third-order valence-corrected chi connectivity index (χ3v) is 13.1. The van der Waals surface area contributed by atoms with Crippen LogP contribution in [0.15, 0.2) is 224 Å². The summed E-state index contributed by atoms with van der Waals surface area (Å²) < 4.78 is 2.24. The molecule has 5 heteroatoms. The highest BCUT2D eigenvalue weighted by Crippen LogP contribution is 2.50. The number of benzene rings is 9. The predicted octanol–water partition coefficient (Wildman–Crippen LogP) is 15.2. The highest BCUT2D eigenvalue weighted by Gasteiger charge is 2.35. The molecule has 0 fully saturated rings. The zero-order chi connectivity index (χ0) is 44.2. The van der Waals surface area contributed by atoms with Crippen molar-refractivity contribution in [2.75, 3.05) is 0 Å². The number of imidazole rings is 1. The molecule has 0 saturated heterocycles. The smallest absolute Gasteiger partial charge is 0.166 e. The molecule has 0 amide bonds. The zero-order valence-corrected chi connectivity index (χ0v) is 36.6. The van der Waals surface area contributed by atoms with Gasteiger partial charge >= 0.3 is 0 Å². The second-order valence-corrected chi connectivity index (χ2v) is 17.5. The number of fused-ring (bicyclic) bond motifs is 4. The number of rotatable bonds is 8. The molecule has 11 aromatic rings. The second-order valence-electron chi connectivity index (χ2n) is 17.5. The van der Waals surface area contributed by atoms with E-state index in [9.17, 15) is 0 Å². The Kier molecular flexibility index (Phi) is 9.42. The lowest BCUT2D eigenvalue weighted by Crippen LogP contribution is -2.14. The van der Waals surface area contributed by atoms with Crippen molar-refractivity contribution in [3.8, 4) is 95.7 Å². The second kappa shape index (κ2) is 15.9. The number of nitrogens with zero attached hydrogens (tertiary/aromatic N) is 5. The fraction of sp³-hybridized carbons (Fsp3) is 0.0492. The normalized spacial score (nSPS) is 12.5. The molecular formula is C61H43N5. The van der Waals surface area contributed by atoms with Gasteiger partial charge in [0.1, 0.15) is 5.82 Å². The van der Waals surface area contributed by atoms with E-state index in [1.807, 2.05) is 18.2 Å². The maximum atomic E-state index is 5.45. The van der Waals surface area contributed by atoms with Crippen LogP contribution in [0.2, 0.25) is 0 Å². The van der Waals surface area contributed by atoms with Gasteiger partial charge in [-0.1, -0.05) is 184 Å². The van der Waals surface area contributed by atoms with Crippen LogP contribution in [0.25, 0.3) is 107 Å². The van der Waals surface area contributed by atoms with E-state index in [2.05, 4.69) is 225 Å². The molecule has 5 nitrogen and oxygen atoms in total. The van der Waals surface area contributed by atoms with Crippen LogP contribution in [-0.4, -0.2) is 24.5 Å². The van der Waals surface area contributed by atoms with Gasteiger partial charge in [0.2, 0.25) is 0 Å². The average molecular weight is 846 g/mol. The van der Waals surface area contributed by atoms with E-state index in [1.165, 1.54) is 22.3 Å². The Labute approximate surface area is 384 Å². The molecule has 1 aliphatic carbocycles. The number of para-hydroxylation sites is 3. The largest absolute Gasteiger partial charge is 0.292 e. The standard InChI is InChI=1S/C61H43N5/c1-61(2)52-29-14-12-27-49(52)50-34-33-44(39-53(50)61)47-36-46(41-21-8-4-9-22-41)37-48(38-47)58-63-57(45-26-18-25-43(35-45)40-19-6-3-7-20-40)64-59(65-58)51-28-13-16-31-55(51)66-56-32-17-15-30-54(56)62-60(66)42-23-10-5-11-24-42/h3-39H,1-2H3. The van der Waals surface area contributed by atoms with E-state index in [1.54, 1.807) is 0 Å². The lowest BCUT2D eigenvalue weighted by Gasteiger charge is -2.22. The Morgan fingerprint density at radius 1 is 0.318 bits per heavy atom.